The molecule has 0 saturated carbocycles. The summed E-state index contributed by atoms with van der Waals surface area (Å²) in [4.78, 5) is 12.4. The predicted octanol–water partition coefficient (Wildman–Crippen LogP) is 5.49. The number of rotatable bonds is 3. The number of hydrogen-bond donors (Lipinski definition) is 0. The van der Waals surface area contributed by atoms with Crippen molar-refractivity contribution in [1.82, 2.24) is 0 Å². The van der Waals surface area contributed by atoms with Crippen LogP contribution < -0.4 is 0 Å². The lowest BCUT2D eigenvalue weighted by molar-refractivity contribution is 0.0992. The quantitative estimate of drug-likeness (QED) is 0.664. The van der Waals surface area contributed by atoms with Crippen LogP contribution in [0.1, 0.15) is 21.5 Å². The maximum atomic E-state index is 12.4. The Morgan fingerprint density at radius 3 is 2.32 bits per heavy atom. The second-order valence-electron chi connectivity index (χ2n) is 4.21. The molecule has 0 spiro atoms. The first kappa shape index (κ1) is 14.6. The van der Waals surface area contributed by atoms with Crippen molar-refractivity contribution in [1.29, 1.82) is 0 Å². The molecule has 19 heavy (non-hydrogen) atoms. The molecule has 0 aliphatic heterocycles. The Hall–Kier alpha value is -0.830. The number of hydrogen-bond acceptors (Lipinski definition) is 1. The van der Waals surface area contributed by atoms with E-state index in [1.165, 1.54) is 0 Å². The largest absolute Gasteiger partial charge is 0.294 e. The van der Waals surface area contributed by atoms with E-state index < -0.39 is 0 Å². The van der Waals surface area contributed by atoms with Gasteiger partial charge in [0, 0.05) is 26.5 Å². The molecule has 98 valence electrons. The summed E-state index contributed by atoms with van der Waals surface area (Å²) in [5, 5.41) is 1.04. The smallest absolute Gasteiger partial charge is 0.167 e. The fraction of sp³-hybridized carbons (Fsp3) is 0.133. The van der Waals surface area contributed by atoms with Crippen LogP contribution in [-0.2, 0) is 6.42 Å². The first-order chi connectivity index (χ1) is 9.00. The lowest BCUT2D eigenvalue weighted by atomic mass is 9.99. The third kappa shape index (κ3) is 3.19. The van der Waals surface area contributed by atoms with Crippen LogP contribution in [0.4, 0.5) is 0 Å². The second-order valence-corrected chi connectivity index (χ2v) is 5.88. The fourth-order valence-corrected chi connectivity index (χ4v) is 2.76. The number of halogens is 3. The van der Waals surface area contributed by atoms with Crippen molar-refractivity contribution in [2.24, 2.45) is 0 Å². The number of carbonyl (C=O) groups excluding carboxylic acids is 1. The highest BCUT2D eigenvalue weighted by Gasteiger charge is 2.15. The van der Waals surface area contributed by atoms with Gasteiger partial charge in [-0.25, -0.2) is 0 Å². The lowest BCUT2D eigenvalue weighted by Gasteiger charge is -2.09. The summed E-state index contributed by atoms with van der Waals surface area (Å²) in [6, 6.07) is 10.8. The molecule has 2 aromatic carbocycles. The van der Waals surface area contributed by atoms with Crippen molar-refractivity contribution in [2.45, 2.75) is 13.3 Å². The first-order valence-corrected chi connectivity index (χ1v) is 7.27. The van der Waals surface area contributed by atoms with E-state index in [9.17, 15) is 4.79 Å². The summed E-state index contributed by atoms with van der Waals surface area (Å²) >= 11 is 15.6. The molecule has 0 radical (unpaired) electrons. The van der Waals surface area contributed by atoms with Crippen molar-refractivity contribution in [3.8, 4) is 0 Å². The SMILES string of the molecule is Cc1c(Br)cccc1C(=O)Cc1c(Cl)cccc1Cl. The van der Waals surface area contributed by atoms with Gasteiger partial charge in [0.15, 0.2) is 5.78 Å². The van der Waals surface area contributed by atoms with E-state index in [0.29, 0.717) is 21.2 Å². The van der Waals surface area contributed by atoms with E-state index >= 15 is 0 Å². The highest BCUT2D eigenvalue weighted by atomic mass is 79.9. The Kier molecular flexibility index (Phi) is 4.67. The molecule has 0 aliphatic carbocycles. The van der Waals surface area contributed by atoms with Crippen molar-refractivity contribution in [2.75, 3.05) is 0 Å². The number of Topliss-reactive ketones (excluding diaryl/α,β-unsaturated/α-hetero) is 1. The molecule has 0 N–H and O–H groups in total. The van der Waals surface area contributed by atoms with Crippen LogP contribution in [0.15, 0.2) is 40.9 Å². The van der Waals surface area contributed by atoms with Gasteiger partial charge in [0.1, 0.15) is 0 Å². The van der Waals surface area contributed by atoms with Gasteiger partial charge in [0.25, 0.3) is 0 Å². The van der Waals surface area contributed by atoms with Gasteiger partial charge >= 0.3 is 0 Å². The zero-order chi connectivity index (χ0) is 14.0. The minimum Gasteiger partial charge on any atom is -0.294 e. The summed E-state index contributed by atoms with van der Waals surface area (Å²) in [7, 11) is 0. The molecule has 0 fully saturated rings. The molecule has 0 saturated heterocycles. The Morgan fingerprint density at radius 1 is 1.11 bits per heavy atom. The van der Waals surface area contributed by atoms with Crippen molar-refractivity contribution >= 4 is 44.9 Å². The highest BCUT2D eigenvalue weighted by Crippen LogP contribution is 2.27. The van der Waals surface area contributed by atoms with E-state index in [1.54, 1.807) is 18.2 Å². The Balaban J connectivity index is 2.34. The molecule has 4 heteroatoms. The molecule has 1 nitrogen and oxygen atoms in total. The molecule has 0 unspecified atom stereocenters. The van der Waals surface area contributed by atoms with E-state index in [-0.39, 0.29) is 12.2 Å². The van der Waals surface area contributed by atoms with Crippen LogP contribution in [0, 0.1) is 6.92 Å². The van der Waals surface area contributed by atoms with Crippen LogP contribution in [0.25, 0.3) is 0 Å². The number of benzene rings is 2. The van der Waals surface area contributed by atoms with E-state index in [2.05, 4.69) is 15.9 Å². The first-order valence-electron chi connectivity index (χ1n) is 5.72. The molecule has 2 rings (SSSR count). The van der Waals surface area contributed by atoms with Gasteiger partial charge in [-0.1, -0.05) is 57.3 Å². The van der Waals surface area contributed by atoms with Crippen molar-refractivity contribution in [3.63, 3.8) is 0 Å². The van der Waals surface area contributed by atoms with Crippen LogP contribution in [0.5, 0.6) is 0 Å². The summed E-state index contributed by atoms with van der Waals surface area (Å²) < 4.78 is 0.920. The summed E-state index contributed by atoms with van der Waals surface area (Å²) in [5.41, 5.74) is 2.29. The van der Waals surface area contributed by atoms with Gasteiger partial charge in [-0.2, -0.15) is 0 Å². The van der Waals surface area contributed by atoms with E-state index in [4.69, 9.17) is 23.2 Å². The van der Waals surface area contributed by atoms with Crippen LogP contribution in [0.2, 0.25) is 10.0 Å². The molecular formula is C15H11BrCl2O. The lowest BCUT2D eigenvalue weighted by Crippen LogP contribution is -2.07. The van der Waals surface area contributed by atoms with Gasteiger partial charge in [0.2, 0.25) is 0 Å². The minimum atomic E-state index is 0.00815. The standard InChI is InChI=1S/C15H11BrCl2O/c1-9-10(4-2-5-12(9)16)15(19)8-11-13(17)6-3-7-14(11)18/h2-7H,8H2,1H3. The summed E-state index contributed by atoms with van der Waals surface area (Å²) in [5.74, 6) is 0.00815. The molecule has 0 aromatic heterocycles. The molecule has 0 atom stereocenters. The normalized spacial score (nSPS) is 10.5. The maximum Gasteiger partial charge on any atom is 0.167 e. The molecule has 2 aromatic rings. The average molecular weight is 358 g/mol. The fourth-order valence-electron chi connectivity index (χ4n) is 1.87. The third-order valence-corrected chi connectivity index (χ3v) is 4.53. The van der Waals surface area contributed by atoms with Gasteiger partial charge in [-0.05, 0) is 36.2 Å². The van der Waals surface area contributed by atoms with Gasteiger partial charge in [-0.3, -0.25) is 4.79 Å². The summed E-state index contributed by atoms with van der Waals surface area (Å²) in [6.45, 7) is 1.91. The molecule has 0 bridgehead atoms. The molecule has 0 aliphatic rings. The highest BCUT2D eigenvalue weighted by molar-refractivity contribution is 9.10. The van der Waals surface area contributed by atoms with Crippen LogP contribution >= 0.6 is 39.1 Å². The zero-order valence-electron chi connectivity index (χ0n) is 10.2. The van der Waals surface area contributed by atoms with E-state index in [0.717, 1.165) is 10.0 Å². The third-order valence-electron chi connectivity index (χ3n) is 2.97. The maximum absolute atomic E-state index is 12.4. The van der Waals surface area contributed by atoms with Crippen LogP contribution in [-0.4, -0.2) is 5.78 Å². The van der Waals surface area contributed by atoms with Gasteiger partial charge < -0.3 is 0 Å². The molecule has 0 heterocycles. The van der Waals surface area contributed by atoms with Crippen molar-refractivity contribution in [3.05, 3.63) is 67.6 Å². The minimum absolute atomic E-state index is 0.00815. The topological polar surface area (TPSA) is 17.1 Å². The molecular weight excluding hydrogens is 347 g/mol. The number of carbonyl (C=O) groups is 1. The second kappa shape index (κ2) is 6.08. The molecule has 0 amide bonds. The average Bonchev–Trinajstić information content (AvgIpc) is 2.37. The monoisotopic (exact) mass is 356 g/mol. The van der Waals surface area contributed by atoms with Crippen molar-refractivity contribution < 1.29 is 4.79 Å². The predicted molar refractivity (Wildman–Crippen MR) is 83.4 cm³/mol. The Morgan fingerprint density at radius 2 is 1.68 bits per heavy atom. The van der Waals surface area contributed by atoms with Gasteiger partial charge in [0.05, 0.1) is 0 Å². The van der Waals surface area contributed by atoms with E-state index in [1.807, 2.05) is 25.1 Å². The summed E-state index contributed by atoms with van der Waals surface area (Å²) in [6.07, 6.45) is 0.204. The van der Waals surface area contributed by atoms with Gasteiger partial charge in [-0.15, -0.1) is 0 Å². The zero-order valence-corrected chi connectivity index (χ0v) is 13.3. The Bertz CT molecular complexity index is 618. The Labute approximate surface area is 130 Å². The number of ketones is 1. The van der Waals surface area contributed by atoms with Crippen LogP contribution in [0.3, 0.4) is 0 Å².